The van der Waals surface area contributed by atoms with Gasteiger partial charge in [0.1, 0.15) is 5.75 Å². The van der Waals surface area contributed by atoms with Gasteiger partial charge in [0.05, 0.1) is 0 Å². The quantitative estimate of drug-likeness (QED) is 0.732. The molecule has 0 amide bonds. The molecule has 1 fully saturated rings. The summed E-state index contributed by atoms with van der Waals surface area (Å²) in [6, 6.07) is 7.08. The fourth-order valence-corrected chi connectivity index (χ4v) is 3.00. The van der Waals surface area contributed by atoms with E-state index in [0.717, 1.165) is 12.8 Å². The molecule has 1 aliphatic carbocycles. The largest absolute Gasteiger partial charge is 0.428 e. The van der Waals surface area contributed by atoms with Gasteiger partial charge in [-0.25, -0.2) is 0 Å². The highest BCUT2D eigenvalue weighted by molar-refractivity contribution is 5.51. The van der Waals surface area contributed by atoms with Crippen LogP contribution in [-0.2, 0) is 11.2 Å². The maximum atomic E-state index is 10.6. The first-order chi connectivity index (χ1) is 8.86. The highest BCUT2D eigenvalue weighted by Crippen LogP contribution is 2.39. The van der Waals surface area contributed by atoms with Crippen LogP contribution in [0.25, 0.3) is 0 Å². The normalized spacial score (nSPS) is 16.5. The van der Waals surface area contributed by atoms with Gasteiger partial charge in [0.25, 0.3) is 6.47 Å². The molecule has 1 radical (unpaired) electrons. The molecule has 0 bridgehead atoms. The summed E-state index contributed by atoms with van der Waals surface area (Å²) in [5.41, 5.74) is 2.58. The number of hydrogen-bond acceptors (Lipinski definition) is 2. The highest BCUT2D eigenvalue weighted by atomic mass is 16.5. The molecular formula is C16H21O2. The molecule has 0 unspecified atom stereocenters. The number of benzene rings is 1. The molecule has 0 spiro atoms. The van der Waals surface area contributed by atoms with Gasteiger partial charge in [-0.05, 0) is 30.7 Å². The van der Waals surface area contributed by atoms with E-state index >= 15 is 0 Å². The van der Waals surface area contributed by atoms with Crippen molar-refractivity contribution in [2.24, 2.45) is 0 Å². The second-order valence-electron chi connectivity index (χ2n) is 5.04. The lowest BCUT2D eigenvalue weighted by Gasteiger charge is -2.25. The third-order valence-electron chi connectivity index (χ3n) is 3.79. The molecular weight excluding hydrogens is 224 g/mol. The molecule has 1 aromatic carbocycles. The lowest BCUT2D eigenvalue weighted by Crippen LogP contribution is -2.10. The van der Waals surface area contributed by atoms with Crippen LogP contribution in [0, 0.1) is 6.07 Å². The van der Waals surface area contributed by atoms with E-state index in [4.69, 9.17) is 4.74 Å². The summed E-state index contributed by atoms with van der Waals surface area (Å²) in [5.74, 6) is 1.20. The van der Waals surface area contributed by atoms with Gasteiger partial charge >= 0.3 is 0 Å². The lowest BCUT2D eigenvalue weighted by atomic mass is 9.81. The van der Waals surface area contributed by atoms with Crippen LogP contribution < -0.4 is 4.74 Å². The topological polar surface area (TPSA) is 26.3 Å². The van der Waals surface area contributed by atoms with E-state index < -0.39 is 0 Å². The summed E-state index contributed by atoms with van der Waals surface area (Å²) >= 11 is 0. The van der Waals surface area contributed by atoms with Gasteiger partial charge < -0.3 is 4.74 Å². The van der Waals surface area contributed by atoms with Crippen molar-refractivity contribution in [2.45, 2.75) is 57.8 Å². The van der Waals surface area contributed by atoms with E-state index in [2.05, 4.69) is 19.1 Å². The van der Waals surface area contributed by atoms with E-state index in [-0.39, 0.29) is 0 Å². The second-order valence-corrected chi connectivity index (χ2v) is 5.04. The molecule has 2 heteroatoms. The van der Waals surface area contributed by atoms with Crippen molar-refractivity contribution in [1.82, 2.24) is 0 Å². The Morgan fingerprint density at radius 1 is 1.39 bits per heavy atom. The molecule has 0 saturated heterocycles. The Hall–Kier alpha value is -1.31. The van der Waals surface area contributed by atoms with E-state index in [1.54, 1.807) is 0 Å². The lowest BCUT2D eigenvalue weighted by molar-refractivity contribution is -0.120. The Balaban J connectivity index is 2.34. The predicted octanol–water partition coefficient (Wildman–Crippen LogP) is 4.02. The number of aryl methyl sites for hydroxylation is 1. The Bertz CT molecular complexity index is 392. The molecule has 18 heavy (non-hydrogen) atoms. The first-order valence-electron chi connectivity index (χ1n) is 7.00. The summed E-state index contributed by atoms with van der Waals surface area (Å²) < 4.78 is 5.14. The number of carbonyl (C=O) groups is 1. The molecule has 0 atom stereocenters. The standard InChI is InChI=1S/C16H21O2/c1-2-7-13-10-6-11-15(18-12-17)16(13)14-8-4-3-5-9-14/h6,10,12,14H,2-5,7-9H2,1H3. The van der Waals surface area contributed by atoms with Crippen LogP contribution in [0.5, 0.6) is 5.75 Å². The predicted molar refractivity (Wildman–Crippen MR) is 71.8 cm³/mol. The summed E-state index contributed by atoms with van der Waals surface area (Å²) in [6.07, 6.45) is 8.49. The first-order valence-corrected chi connectivity index (χ1v) is 7.00. The third kappa shape index (κ3) is 2.92. The number of rotatable bonds is 5. The van der Waals surface area contributed by atoms with Gasteiger partial charge in [-0.3, -0.25) is 4.79 Å². The molecule has 0 aromatic heterocycles. The number of ether oxygens (including phenoxy) is 1. The van der Waals surface area contributed by atoms with Crippen molar-refractivity contribution in [3.05, 3.63) is 29.3 Å². The fourth-order valence-electron chi connectivity index (χ4n) is 3.00. The maximum Gasteiger partial charge on any atom is 0.298 e. The van der Waals surface area contributed by atoms with Crippen LogP contribution in [0.4, 0.5) is 0 Å². The SMILES string of the molecule is CCCc1cc[c]c(OC=O)c1C1CCCCC1. The zero-order chi connectivity index (χ0) is 12.8. The van der Waals surface area contributed by atoms with Gasteiger partial charge in [-0.15, -0.1) is 0 Å². The fraction of sp³-hybridized carbons (Fsp3) is 0.562. The second kappa shape index (κ2) is 6.58. The molecule has 1 aromatic rings. The van der Waals surface area contributed by atoms with Crippen molar-refractivity contribution in [2.75, 3.05) is 0 Å². The van der Waals surface area contributed by atoms with Gasteiger partial charge in [-0.2, -0.15) is 0 Å². The minimum Gasteiger partial charge on any atom is -0.428 e. The van der Waals surface area contributed by atoms with Crippen LogP contribution >= 0.6 is 0 Å². The maximum absolute atomic E-state index is 10.6. The smallest absolute Gasteiger partial charge is 0.298 e. The van der Waals surface area contributed by atoms with Crippen LogP contribution in [0.3, 0.4) is 0 Å². The Morgan fingerprint density at radius 2 is 2.17 bits per heavy atom. The van der Waals surface area contributed by atoms with Gasteiger partial charge in [0.2, 0.25) is 0 Å². The van der Waals surface area contributed by atoms with E-state index in [1.165, 1.54) is 43.2 Å². The molecule has 1 saturated carbocycles. The van der Waals surface area contributed by atoms with Crippen molar-refractivity contribution in [1.29, 1.82) is 0 Å². The minimum atomic E-state index is 0.522. The van der Waals surface area contributed by atoms with Gasteiger partial charge in [0.15, 0.2) is 0 Å². The summed E-state index contributed by atoms with van der Waals surface area (Å²) in [5, 5.41) is 0. The zero-order valence-electron chi connectivity index (χ0n) is 11.1. The van der Waals surface area contributed by atoms with E-state index in [1.807, 2.05) is 6.07 Å². The average Bonchev–Trinajstić information content (AvgIpc) is 2.41. The Labute approximate surface area is 109 Å². The molecule has 1 aliphatic rings. The van der Waals surface area contributed by atoms with Crippen molar-refractivity contribution < 1.29 is 9.53 Å². The number of carbonyl (C=O) groups excluding carboxylic acids is 1. The highest BCUT2D eigenvalue weighted by Gasteiger charge is 2.22. The van der Waals surface area contributed by atoms with Gasteiger partial charge in [-0.1, -0.05) is 44.7 Å². The van der Waals surface area contributed by atoms with Crippen LogP contribution in [0.15, 0.2) is 12.1 Å². The van der Waals surface area contributed by atoms with Crippen molar-refractivity contribution >= 4 is 6.47 Å². The summed E-state index contributed by atoms with van der Waals surface area (Å²) in [7, 11) is 0. The zero-order valence-corrected chi connectivity index (χ0v) is 11.1. The molecule has 0 aliphatic heterocycles. The third-order valence-corrected chi connectivity index (χ3v) is 3.79. The van der Waals surface area contributed by atoms with E-state index in [9.17, 15) is 4.79 Å². The first kappa shape index (κ1) is 13.1. The van der Waals surface area contributed by atoms with Crippen molar-refractivity contribution in [3.63, 3.8) is 0 Å². The van der Waals surface area contributed by atoms with Crippen LogP contribution in [0.1, 0.15) is 62.5 Å². The average molecular weight is 245 g/mol. The minimum absolute atomic E-state index is 0.522. The van der Waals surface area contributed by atoms with Crippen LogP contribution in [0.2, 0.25) is 0 Å². The molecule has 0 heterocycles. The monoisotopic (exact) mass is 245 g/mol. The van der Waals surface area contributed by atoms with Gasteiger partial charge in [0, 0.05) is 11.6 Å². The molecule has 2 rings (SSSR count). The summed E-state index contributed by atoms with van der Waals surface area (Å²) in [4.78, 5) is 10.6. The summed E-state index contributed by atoms with van der Waals surface area (Å²) in [6.45, 7) is 2.70. The van der Waals surface area contributed by atoms with Crippen LogP contribution in [-0.4, -0.2) is 6.47 Å². The van der Waals surface area contributed by atoms with E-state index in [0.29, 0.717) is 18.1 Å². The molecule has 0 N–H and O–H groups in total. The van der Waals surface area contributed by atoms with Crippen molar-refractivity contribution in [3.8, 4) is 5.75 Å². The number of hydrogen-bond donors (Lipinski definition) is 0. The Morgan fingerprint density at radius 3 is 2.83 bits per heavy atom. The Kier molecular flexibility index (Phi) is 4.80. The molecule has 2 nitrogen and oxygen atoms in total. The molecule has 97 valence electrons.